The molecule has 0 amide bonds. The molecular formula is C22H21N4OS+. The zero-order valence-corrected chi connectivity index (χ0v) is 16.4. The maximum absolute atomic E-state index is 12.7. The lowest BCUT2D eigenvalue weighted by Gasteiger charge is -2.27. The van der Waals surface area contributed by atoms with Gasteiger partial charge in [-0.2, -0.15) is 0 Å². The van der Waals surface area contributed by atoms with Crippen LogP contribution in [-0.2, 0) is 4.79 Å². The van der Waals surface area contributed by atoms with Crippen LogP contribution in [0.15, 0.2) is 59.8 Å². The van der Waals surface area contributed by atoms with Gasteiger partial charge < -0.3 is 0 Å². The first-order valence-corrected chi connectivity index (χ1v) is 10.3. The largest absolute Gasteiger partial charge is 0.355 e. The molecule has 0 bridgehead atoms. The highest BCUT2D eigenvalue weighted by atomic mass is 32.1. The van der Waals surface area contributed by atoms with Crippen LogP contribution in [0.5, 0.6) is 0 Å². The van der Waals surface area contributed by atoms with Gasteiger partial charge >= 0.3 is 5.96 Å². The Bertz CT molecular complexity index is 1090. The zero-order chi connectivity index (χ0) is 19.1. The molecule has 5 rings (SSSR count). The second-order valence-electron chi connectivity index (χ2n) is 7.27. The van der Waals surface area contributed by atoms with E-state index >= 15 is 0 Å². The quantitative estimate of drug-likeness (QED) is 0.631. The van der Waals surface area contributed by atoms with Gasteiger partial charge in [0.15, 0.2) is 5.78 Å². The molecule has 0 radical (unpaired) electrons. The second-order valence-corrected chi connectivity index (χ2v) is 8.30. The number of carbonyl (C=O) groups is 1. The standard InChI is InChI=1S/C22H20N4OS/c1-13-9-11-14(12-10-13)20-19-16(6-4-7-17(19)27)23-21(25-20)26-22-24-15-5-2-3-8-18(15)28-22/h2-3,5,8-12,20H,4,6-7H2,1H3,(H2,23,24,25,26)/p+1/t20-/m0/s1. The molecule has 2 aromatic carbocycles. The van der Waals surface area contributed by atoms with Gasteiger partial charge in [0, 0.05) is 12.8 Å². The number of nitrogens with one attached hydrogen (secondary N) is 3. The number of allylic oxidation sites excluding steroid dienone is 1. The fraction of sp³-hybridized carbons (Fsp3) is 0.227. The Morgan fingerprint density at radius 3 is 2.79 bits per heavy atom. The summed E-state index contributed by atoms with van der Waals surface area (Å²) >= 11 is 1.61. The highest BCUT2D eigenvalue weighted by Crippen LogP contribution is 2.30. The molecule has 2 heterocycles. The van der Waals surface area contributed by atoms with E-state index in [0.717, 1.165) is 51.0 Å². The van der Waals surface area contributed by atoms with Gasteiger partial charge in [-0.1, -0.05) is 53.3 Å². The lowest BCUT2D eigenvalue weighted by Crippen LogP contribution is -2.82. The summed E-state index contributed by atoms with van der Waals surface area (Å²) < 4.78 is 1.14. The average Bonchev–Trinajstić information content (AvgIpc) is 3.10. The predicted octanol–water partition coefficient (Wildman–Crippen LogP) is 2.80. The van der Waals surface area contributed by atoms with Crippen LogP contribution in [0.2, 0.25) is 0 Å². The number of Topliss-reactive ketones (excluding diaryl/α,β-unsaturated/α-hetero) is 1. The molecule has 0 spiro atoms. The van der Waals surface area contributed by atoms with Crippen molar-refractivity contribution >= 4 is 38.4 Å². The number of rotatable bonds is 2. The Labute approximate surface area is 167 Å². The van der Waals surface area contributed by atoms with Crippen LogP contribution in [0.1, 0.15) is 36.4 Å². The molecular weight excluding hydrogens is 368 g/mol. The van der Waals surface area contributed by atoms with Gasteiger partial charge in [-0.25, -0.2) is 15.6 Å². The lowest BCUT2D eigenvalue weighted by molar-refractivity contribution is -0.501. The van der Waals surface area contributed by atoms with E-state index in [-0.39, 0.29) is 11.8 Å². The second kappa shape index (κ2) is 6.87. The molecule has 1 aliphatic carbocycles. The molecule has 5 nitrogen and oxygen atoms in total. The van der Waals surface area contributed by atoms with E-state index in [1.54, 1.807) is 11.3 Å². The minimum absolute atomic E-state index is 0.151. The third-order valence-electron chi connectivity index (χ3n) is 5.25. The molecule has 3 N–H and O–H groups in total. The number of aromatic nitrogens is 1. The van der Waals surface area contributed by atoms with Gasteiger partial charge in [0.05, 0.1) is 21.5 Å². The number of ketones is 1. The molecule has 1 aromatic heterocycles. The number of hydrogen-bond donors (Lipinski definition) is 3. The first kappa shape index (κ1) is 17.1. The first-order valence-electron chi connectivity index (χ1n) is 9.53. The summed E-state index contributed by atoms with van der Waals surface area (Å²) in [6, 6.07) is 16.3. The summed E-state index contributed by atoms with van der Waals surface area (Å²) in [6.07, 6.45) is 2.39. The number of para-hydroxylation sites is 1. The fourth-order valence-corrected chi connectivity index (χ4v) is 4.71. The Balaban J connectivity index is 1.52. The molecule has 0 saturated heterocycles. The van der Waals surface area contributed by atoms with Crippen molar-refractivity contribution < 1.29 is 9.79 Å². The van der Waals surface area contributed by atoms with Crippen molar-refractivity contribution in [3.05, 3.63) is 70.9 Å². The summed E-state index contributed by atoms with van der Waals surface area (Å²) in [4.78, 5) is 20.8. The number of nitrogens with zero attached hydrogens (tertiary/aromatic N) is 1. The average molecular weight is 390 g/mol. The van der Waals surface area contributed by atoms with Gasteiger partial charge in [0.1, 0.15) is 6.04 Å². The highest BCUT2D eigenvalue weighted by Gasteiger charge is 2.36. The van der Waals surface area contributed by atoms with E-state index in [0.29, 0.717) is 6.42 Å². The number of anilines is 1. The van der Waals surface area contributed by atoms with Crippen molar-refractivity contribution in [2.45, 2.75) is 32.2 Å². The number of fused-ring (bicyclic) bond motifs is 1. The maximum atomic E-state index is 12.7. The van der Waals surface area contributed by atoms with Crippen molar-refractivity contribution in [2.24, 2.45) is 0 Å². The third kappa shape index (κ3) is 3.10. The van der Waals surface area contributed by atoms with E-state index in [2.05, 4.69) is 57.9 Å². The summed E-state index contributed by atoms with van der Waals surface area (Å²) in [5, 5.41) is 7.62. The van der Waals surface area contributed by atoms with Crippen LogP contribution < -0.4 is 15.6 Å². The van der Waals surface area contributed by atoms with Crippen LogP contribution in [0.3, 0.4) is 0 Å². The minimum Gasteiger partial charge on any atom is -0.294 e. The molecule has 0 unspecified atom stereocenters. The van der Waals surface area contributed by atoms with E-state index in [9.17, 15) is 4.79 Å². The van der Waals surface area contributed by atoms with Crippen LogP contribution >= 0.6 is 11.3 Å². The van der Waals surface area contributed by atoms with Crippen molar-refractivity contribution in [1.82, 2.24) is 10.3 Å². The number of aryl methyl sites for hydroxylation is 1. The predicted molar refractivity (Wildman–Crippen MR) is 112 cm³/mol. The van der Waals surface area contributed by atoms with Crippen molar-refractivity contribution in [3.63, 3.8) is 0 Å². The highest BCUT2D eigenvalue weighted by molar-refractivity contribution is 7.22. The number of guanidine groups is 1. The molecule has 1 aliphatic heterocycles. The molecule has 28 heavy (non-hydrogen) atoms. The molecule has 2 aliphatic rings. The molecule has 1 atom stereocenters. The van der Waals surface area contributed by atoms with Gasteiger partial charge in [-0.05, 0) is 31.0 Å². The minimum atomic E-state index is -0.151. The van der Waals surface area contributed by atoms with Crippen LogP contribution in [0, 0.1) is 6.92 Å². The first-order chi connectivity index (χ1) is 13.7. The van der Waals surface area contributed by atoms with Gasteiger partial charge in [-0.3, -0.25) is 9.79 Å². The Kier molecular flexibility index (Phi) is 4.20. The van der Waals surface area contributed by atoms with E-state index < -0.39 is 0 Å². The topological polar surface area (TPSA) is 68.0 Å². The smallest absolute Gasteiger partial charge is 0.294 e. The Morgan fingerprint density at radius 2 is 1.96 bits per heavy atom. The van der Waals surface area contributed by atoms with E-state index in [4.69, 9.17) is 0 Å². The summed E-state index contributed by atoms with van der Waals surface area (Å²) in [5.74, 6) is 1.00. The molecule has 6 heteroatoms. The third-order valence-corrected chi connectivity index (χ3v) is 6.20. The van der Waals surface area contributed by atoms with E-state index in [1.165, 1.54) is 5.56 Å². The summed E-state index contributed by atoms with van der Waals surface area (Å²) in [5.41, 5.74) is 5.17. The molecule has 140 valence electrons. The Morgan fingerprint density at radius 1 is 1.14 bits per heavy atom. The molecule has 0 fully saturated rings. The van der Waals surface area contributed by atoms with Crippen molar-refractivity contribution in [1.29, 1.82) is 0 Å². The number of benzene rings is 2. The van der Waals surface area contributed by atoms with Gasteiger partial charge in [-0.15, -0.1) is 0 Å². The zero-order valence-electron chi connectivity index (χ0n) is 15.6. The van der Waals surface area contributed by atoms with Crippen LogP contribution in [-0.4, -0.2) is 16.7 Å². The molecule has 0 saturated carbocycles. The normalized spacial score (nSPS) is 19.2. The SMILES string of the molecule is Cc1ccc([C@@H]2[NH+]=C(Nc3nc4ccccc4s3)NC3=C2C(=O)CCC3)cc1. The maximum Gasteiger partial charge on any atom is 0.355 e. The van der Waals surface area contributed by atoms with Crippen LogP contribution in [0.25, 0.3) is 10.2 Å². The number of thiazole rings is 1. The number of hydrogen-bond acceptors (Lipinski definition) is 5. The van der Waals surface area contributed by atoms with Crippen LogP contribution in [0.4, 0.5) is 5.13 Å². The van der Waals surface area contributed by atoms with Gasteiger partial charge in [0.2, 0.25) is 0 Å². The van der Waals surface area contributed by atoms with Gasteiger partial charge in [0.25, 0.3) is 5.13 Å². The Hall–Kier alpha value is -2.99. The summed E-state index contributed by atoms with van der Waals surface area (Å²) in [6.45, 7) is 2.07. The van der Waals surface area contributed by atoms with E-state index in [1.807, 2.05) is 18.2 Å². The number of carbonyl (C=O) groups excluding carboxylic acids is 1. The fourth-order valence-electron chi connectivity index (χ4n) is 3.84. The monoisotopic (exact) mass is 389 g/mol. The molecule has 3 aromatic rings. The lowest BCUT2D eigenvalue weighted by atomic mass is 9.86. The van der Waals surface area contributed by atoms with Crippen molar-refractivity contribution in [2.75, 3.05) is 5.32 Å². The summed E-state index contributed by atoms with van der Waals surface area (Å²) in [7, 11) is 0. The van der Waals surface area contributed by atoms with Crippen molar-refractivity contribution in [3.8, 4) is 0 Å².